The van der Waals surface area contributed by atoms with E-state index in [1.807, 2.05) is 0 Å². The Kier molecular flexibility index (Phi) is 9.72. The summed E-state index contributed by atoms with van der Waals surface area (Å²) in [4.78, 5) is 0. The summed E-state index contributed by atoms with van der Waals surface area (Å²) in [5.74, 6) is 0. The Hall–Kier alpha value is 1.17. The van der Waals surface area contributed by atoms with Crippen molar-refractivity contribution in [2.45, 2.75) is 0 Å². The molecule has 0 saturated carbocycles. The maximum Gasteiger partial charge on any atom is 1.00 e. The molecule has 0 spiro atoms. The average molecular weight is 472 g/mol. The van der Waals surface area contributed by atoms with Crippen molar-refractivity contribution in [3.8, 4) is 0 Å². The fraction of sp³-hybridized carbons (Fsp3) is 0. The largest absolute Gasteiger partial charge is 1.00 e. The van der Waals surface area contributed by atoms with E-state index in [4.69, 9.17) is 0 Å². The molecule has 0 aromatic rings. The SMILES string of the molecule is O=S(=O)([O-])OS(=O)(=O)OS(=O)(=O)[O-].[Ag+].[Ag+]. The van der Waals surface area contributed by atoms with Gasteiger partial charge in [0, 0.05) is 0 Å². The molecule has 0 aliphatic carbocycles. The third-order valence-corrected chi connectivity index (χ3v) is 3.00. The fourth-order valence-corrected chi connectivity index (χ4v) is 2.14. The van der Waals surface area contributed by atoms with Crippen LogP contribution >= 0.6 is 0 Å². The predicted octanol–water partition coefficient (Wildman–Crippen LogP) is -2.82. The molecule has 0 aromatic carbocycles. The van der Waals surface area contributed by atoms with Gasteiger partial charge in [-0.25, -0.2) is 16.8 Å². The van der Waals surface area contributed by atoms with Gasteiger partial charge in [0.1, 0.15) is 0 Å². The van der Waals surface area contributed by atoms with Crippen molar-refractivity contribution in [1.29, 1.82) is 0 Å². The van der Waals surface area contributed by atoms with Crippen LogP contribution in [0.15, 0.2) is 0 Å². The summed E-state index contributed by atoms with van der Waals surface area (Å²) in [6.07, 6.45) is 0. The van der Waals surface area contributed by atoms with Gasteiger partial charge in [-0.3, -0.25) is 0 Å². The Labute approximate surface area is 117 Å². The third kappa shape index (κ3) is 15.2. The van der Waals surface area contributed by atoms with Crippen molar-refractivity contribution in [3.63, 3.8) is 0 Å². The maximum atomic E-state index is 10.1. The van der Waals surface area contributed by atoms with E-state index in [9.17, 15) is 34.4 Å². The van der Waals surface area contributed by atoms with Gasteiger partial charge in [-0.05, 0) is 0 Å². The molecule has 10 nitrogen and oxygen atoms in total. The minimum atomic E-state index is -5.72. The van der Waals surface area contributed by atoms with Crippen LogP contribution in [-0.4, -0.2) is 34.4 Å². The molecule has 0 fully saturated rings. The van der Waals surface area contributed by atoms with E-state index in [2.05, 4.69) is 7.26 Å². The summed E-state index contributed by atoms with van der Waals surface area (Å²) < 4.78 is 82.9. The van der Waals surface area contributed by atoms with Crippen LogP contribution in [0.4, 0.5) is 0 Å². The number of hydrogen-bond acceptors (Lipinski definition) is 10. The molecule has 15 heteroatoms. The molecule has 0 aliphatic rings. The van der Waals surface area contributed by atoms with Crippen LogP contribution in [0.25, 0.3) is 0 Å². The van der Waals surface area contributed by atoms with Gasteiger partial charge in [0.25, 0.3) is 0 Å². The standard InChI is InChI=1S/2Ag.H2O10S3/c;;1-11(2,3)9-13(7,8)10-12(4,5)6/h;;(H,1,2,3)(H,4,5,6)/q2*+1;/p-2. The van der Waals surface area contributed by atoms with Gasteiger partial charge in [-0.2, -0.15) is 8.42 Å². The molecule has 15 heavy (non-hydrogen) atoms. The Morgan fingerprint density at radius 1 is 0.667 bits per heavy atom. The molecular formula is Ag2O10S3. The van der Waals surface area contributed by atoms with Crippen molar-refractivity contribution >= 4 is 31.2 Å². The van der Waals surface area contributed by atoms with Gasteiger partial charge in [0.05, 0.1) is 0 Å². The molecule has 0 rings (SSSR count). The van der Waals surface area contributed by atoms with Crippen LogP contribution in [0, 0.1) is 0 Å². The Balaban J connectivity index is -0.000000720. The van der Waals surface area contributed by atoms with Crippen molar-refractivity contribution in [1.82, 2.24) is 0 Å². The molecule has 0 unspecified atom stereocenters. The van der Waals surface area contributed by atoms with Crippen molar-refractivity contribution in [3.05, 3.63) is 0 Å². The third-order valence-electron chi connectivity index (χ3n) is 0.333. The van der Waals surface area contributed by atoms with Crippen LogP contribution in [0.5, 0.6) is 0 Å². The van der Waals surface area contributed by atoms with Gasteiger partial charge in [0.15, 0.2) is 0 Å². The summed E-state index contributed by atoms with van der Waals surface area (Å²) in [5, 5.41) is 0. The first-order valence-electron chi connectivity index (χ1n) is 2.00. The Bertz CT molecular complexity index is 423. The molecule has 0 bridgehead atoms. The molecule has 0 aromatic heterocycles. The second-order valence-corrected chi connectivity index (χ2v) is 4.90. The van der Waals surface area contributed by atoms with E-state index >= 15 is 0 Å². The van der Waals surface area contributed by atoms with Gasteiger partial charge in [-0.1, -0.05) is 0 Å². The van der Waals surface area contributed by atoms with E-state index in [0.717, 1.165) is 0 Å². The molecule has 0 N–H and O–H groups in total. The van der Waals surface area contributed by atoms with Gasteiger partial charge in [0.2, 0.25) is 20.8 Å². The fourth-order valence-electron chi connectivity index (χ4n) is 0.215. The van der Waals surface area contributed by atoms with E-state index in [0.29, 0.717) is 0 Å². The minimum absolute atomic E-state index is 0. The van der Waals surface area contributed by atoms with Gasteiger partial charge in [-0.15, -0.1) is 7.26 Å². The molecular weight excluding hydrogens is 472 g/mol. The molecule has 0 heterocycles. The topological polar surface area (TPSA) is 167 Å². The van der Waals surface area contributed by atoms with Gasteiger partial charge >= 0.3 is 55.2 Å². The summed E-state index contributed by atoms with van der Waals surface area (Å²) >= 11 is 0. The molecule has 0 radical (unpaired) electrons. The second-order valence-electron chi connectivity index (χ2n) is 1.36. The van der Waals surface area contributed by atoms with Crippen LogP contribution < -0.4 is 0 Å². The van der Waals surface area contributed by atoms with Crippen LogP contribution in [0.2, 0.25) is 0 Å². The van der Waals surface area contributed by atoms with Crippen LogP contribution in [0.1, 0.15) is 0 Å². The first-order chi connectivity index (χ1) is 5.41. The zero-order valence-electron chi connectivity index (χ0n) is 5.91. The minimum Gasteiger partial charge on any atom is -0.725 e. The Morgan fingerprint density at radius 2 is 0.867 bits per heavy atom. The Morgan fingerprint density at radius 3 is 1.00 bits per heavy atom. The average Bonchev–Trinajstić information content (AvgIpc) is 1.43. The monoisotopic (exact) mass is 470 g/mol. The summed E-state index contributed by atoms with van der Waals surface area (Å²) in [7, 11) is -17.1. The van der Waals surface area contributed by atoms with Gasteiger partial charge < -0.3 is 9.11 Å². The first kappa shape index (κ1) is 21.5. The molecule has 0 saturated heterocycles. The van der Waals surface area contributed by atoms with Crippen molar-refractivity contribution in [2.75, 3.05) is 0 Å². The smallest absolute Gasteiger partial charge is 0.725 e. The summed E-state index contributed by atoms with van der Waals surface area (Å²) in [5.41, 5.74) is 0. The van der Waals surface area contributed by atoms with E-state index in [-0.39, 0.29) is 44.8 Å². The predicted molar refractivity (Wildman–Crippen MR) is 30.5 cm³/mol. The maximum absolute atomic E-state index is 10.1. The zero-order chi connectivity index (χ0) is 10.9. The zero-order valence-corrected chi connectivity index (χ0v) is 11.3. The molecule has 0 aliphatic heterocycles. The molecule has 100 valence electrons. The first-order valence-corrected chi connectivity index (χ1v) is 6.00. The molecule has 0 amide bonds. The van der Waals surface area contributed by atoms with Crippen LogP contribution in [-0.2, 0) is 83.2 Å². The number of rotatable bonds is 4. The van der Waals surface area contributed by atoms with E-state index in [1.165, 1.54) is 0 Å². The van der Waals surface area contributed by atoms with E-state index in [1.54, 1.807) is 0 Å². The van der Waals surface area contributed by atoms with E-state index < -0.39 is 31.2 Å². The normalized spacial score (nSPS) is 12.4. The van der Waals surface area contributed by atoms with Crippen molar-refractivity contribution < 1.29 is 86.4 Å². The van der Waals surface area contributed by atoms with Crippen molar-refractivity contribution in [2.24, 2.45) is 0 Å². The van der Waals surface area contributed by atoms with Crippen LogP contribution in [0.3, 0.4) is 0 Å². The molecule has 0 atom stereocenters. The quantitative estimate of drug-likeness (QED) is 0.237. The second kappa shape index (κ2) is 6.80. The summed E-state index contributed by atoms with van der Waals surface area (Å²) in [6.45, 7) is 0. The summed E-state index contributed by atoms with van der Waals surface area (Å²) in [6, 6.07) is 0. The number of hydrogen-bond donors (Lipinski definition) is 0.